The zero-order chi connectivity index (χ0) is 15.4. The van der Waals surface area contributed by atoms with Gasteiger partial charge >= 0.3 is 6.03 Å². The Morgan fingerprint density at radius 3 is 1.90 bits per heavy atom. The van der Waals surface area contributed by atoms with Crippen molar-refractivity contribution in [3.05, 3.63) is 59.2 Å². The van der Waals surface area contributed by atoms with Crippen LogP contribution in [0.1, 0.15) is 36.5 Å². The number of amides is 2. The molecule has 2 rings (SSSR count). The molecular formula is C18H22N2O. The van der Waals surface area contributed by atoms with Gasteiger partial charge in [0.15, 0.2) is 0 Å². The van der Waals surface area contributed by atoms with E-state index in [4.69, 9.17) is 0 Å². The smallest absolute Gasteiger partial charge is 0.308 e. The zero-order valence-electron chi connectivity index (χ0n) is 13.0. The summed E-state index contributed by atoms with van der Waals surface area (Å²) in [4.78, 5) is 12.0. The second kappa shape index (κ2) is 6.44. The van der Waals surface area contributed by atoms with Gasteiger partial charge in [0, 0.05) is 11.4 Å². The normalized spacial score (nSPS) is 10.5. The van der Waals surface area contributed by atoms with Crippen molar-refractivity contribution in [1.29, 1.82) is 0 Å². The van der Waals surface area contributed by atoms with Gasteiger partial charge in [-0.15, -0.1) is 0 Å². The molecule has 0 unspecified atom stereocenters. The number of urea groups is 1. The van der Waals surface area contributed by atoms with E-state index in [1.165, 1.54) is 5.56 Å². The summed E-state index contributed by atoms with van der Waals surface area (Å²) in [6.07, 6.45) is 0. The van der Waals surface area contributed by atoms with Crippen molar-refractivity contribution < 1.29 is 4.79 Å². The van der Waals surface area contributed by atoms with Crippen molar-refractivity contribution in [2.45, 2.75) is 33.6 Å². The number of hydrogen-bond acceptors (Lipinski definition) is 1. The van der Waals surface area contributed by atoms with Crippen LogP contribution in [-0.4, -0.2) is 6.03 Å². The van der Waals surface area contributed by atoms with Crippen molar-refractivity contribution in [3.63, 3.8) is 0 Å². The minimum absolute atomic E-state index is 0.225. The third-order valence-corrected chi connectivity index (χ3v) is 3.31. The fourth-order valence-electron chi connectivity index (χ4n) is 2.29. The quantitative estimate of drug-likeness (QED) is 0.810. The third kappa shape index (κ3) is 4.35. The number of hydrogen-bond donors (Lipinski definition) is 2. The van der Waals surface area contributed by atoms with E-state index in [-0.39, 0.29) is 6.03 Å². The minimum Gasteiger partial charge on any atom is -0.308 e. The van der Waals surface area contributed by atoms with Gasteiger partial charge < -0.3 is 10.6 Å². The number of rotatable bonds is 3. The average molecular weight is 282 g/mol. The Bertz CT molecular complexity index is 610. The van der Waals surface area contributed by atoms with Crippen molar-refractivity contribution in [1.82, 2.24) is 0 Å². The van der Waals surface area contributed by atoms with E-state index in [0.29, 0.717) is 5.92 Å². The van der Waals surface area contributed by atoms with Crippen LogP contribution in [0.15, 0.2) is 42.5 Å². The first-order valence-electron chi connectivity index (χ1n) is 7.20. The summed E-state index contributed by atoms with van der Waals surface area (Å²) in [5.41, 5.74) is 5.12. The molecule has 0 aliphatic heterocycles. The van der Waals surface area contributed by atoms with Crippen molar-refractivity contribution in [3.8, 4) is 0 Å². The lowest BCUT2D eigenvalue weighted by atomic mass is 10.0. The fraction of sp³-hybridized carbons (Fsp3) is 0.278. The molecule has 110 valence electrons. The molecular weight excluding hydrogens is 260 g/mol. The van der Waals surface area contributed by atoms with Gasteiger partial charge in [0.25, 0.3) is 0 Å². The Labute approximate surface area is 126 Å². The van der Waals surface area contributed by atoms with Gasteiger partial charge in [-0.05, 0) is 60.7 Å². The minimum atomic E-state index is -0.225. The van der Waals surface area contributed by atoms with Gasteiger partial charge in [-0.3, -0.25) is 0 Å². The fourth-order valence-corrected chi connectivity index (χ4v) is 2.29. The predicted molar refractivity (Wildman–Crippen MR) is 89.1 cm³/mol. The number of benzene rings is 2. The first kappa shape index (κ1) is 15.1. The van der Waals surface area contributed by atoms with Crippen LogP contribution >= 0.6 is 0 Å². The molecule has 0 aromatic heterocycles. The van der Waals surface area contributed by atoms with E-state index in [9.17, 15) is 4.79 Å². The van der Waals surface area contributed by atoms with Crippen LogP contribution in [0.3, 0.4) is 0 Å². The van der Waals surface area contributed by atoms with Gasteiger partial charge in [0.05, 0.1) is 0 Å². The molecule has 0 aliphatic carbocycles. The van der Waals surface area contributed by atoms with E-state index < -0.39 is 0 Å². The van der Waals surface area contributed by atoms with Crippen molar-refractivity contribution in [2.24, 2.45) is 0 Å². The standard InChI is InChI=1S/C18H22N2O/c1-12(2)15-5-7-16(8-6-15)19-18(21)20-17-10-13(3)9-14(4)11-17/h5-12H,1-4H3,(H2,19,20,21). The van der Waals surface area contributed by atoms with Gasteiger partial charge in [-0.1, -0.05) is 32.0 Å². The summed E-state index contributed by atoms with van der Waals surface area (Å²) in [5.74, 6) is 0.489. The monoisotopic (exact) mass is 282 g/mol. The Kier molecular flexibility index (Phi) is 4.63. The van der Waals surface area contributed by atoms with Crippen LogP contribution in [0.2, 0.25) is 0 Å². The van der Waals surface area contributed by atoms with Crippen LogP contribution in [0.5, 0.6) is 0 Å². The molecule has 21 heavy (non-hydrogen) atoms. The Morgan fingerprint density at radius 1 is 0.857 bits per heavy atom. The molecule has 0 bridgehead atoms. The highest BCUT2D eigenvalue weighted by Gasteiger charge is 2.04. The van der Waals surface area contributed by atoms with Gasteiger partial charge in [-0.25, -0.2) is 4.79 Å². The van der Waals surface area contributed by atoms with E-state index in [2.05, 4.69) is 30.5 Å². The molecule has 2 aromatic carbocycles. The number of carbonyl (C=O) groups excluding carboxylic acids is 1. The van der Waals surface area contributed by atoms with Gasteiger partial charge in [0.2, 0.25) is 0 Å². The highest BCUT2D eigenvalue weighted by molar-refractivity contribution is 5.99. The van der Waals surface area contributed by atoms with Crippen LogP contribution in [0.25, 0.3) is 0 Å². The molecule has 2 N–H and O–H groups in total. The summed E-state index contributed by atoms with van der Waals surface area (Å²) in [5, 5.41) is 5.70. The molecule has 2 aromatic rings. The predicted octanol–water partition coefficient (Wildman–Crippen LogP) is 5.07. The van der Waals surface area contributed by atoms with Crippen LogP contribution in [-0.2, 0) is 0 Å². The zero-order valence-corrected chi connectivity index (χ0v) is 13.0. The maximum atomic E-state index is 12.0. The molecule has 0 aliphatic rings. The summed E-state index contributed by atoms with van der Waals surface area (Å²) in [6, 6.07) is 13.7. The topological polar surface area (TPSA) is 41.1 Å². The van der Waals surface area contributed by atoms with E-state index in [0.717, 1.165) is 22.5 Å². The van der Waals surface area contributed by atoms with Crippen molar-refractivity contribution in [2.75, 3.05) is 10.6 Å². The summed E-state index contributed by atoms with van der Waals surface area (Å²) in [7, 11) is 0. The van der Waals surface area contributed by atoms with Crippen LogP contribution < -0.4 is 10.6 Å². The van der Waals surface area contributed by atoms with Crippen LogP contribution in [0, 0.1) is 13.8 Å². The Morgan fingerprint density at radius 2 is 1.38 bits per heavy atom. The number of carbonyl (C=O) groups is 1. The number of aryl methyl sites for hydroxylation is 2. The van der Waals surface area contributed by atoms with Gasteiger partial charge in [-0.2, -0.15) is 0 Å². The maximum absolute atomic E-state index is 12.0. The largest absolute Gasteiger partial charge is 0.323 e. The molecule has 0 atom stereocenters. The first-order valence-corrected chi connectivity index (χ1v) is 7.20. The Hall–Kier alpha value is -2.29. The highest BCUT2D eigenvalue weighted by atomic mass is 16.2. The molecule has 3 nitrogen and oxygen atoms in total. The molecule has 3 heteroatoms. The number of anilines is 2. The van der Waals surface area contributed by atoms with Crippen LogP contribution in [0.4, 0.5) is 16.2 Å². The summed E-state index contributed by atoms with van der Waals surface area (Å²) >= 11 is 0. The number of nitrogens with one attached hydrogen (secondary N) is 2. The SMILES string of the molecule is Cc1cc(C)cc(NC(=O)Nc2ccc(C(C)C)cc2)c1. The second-order valence-electron chi connectivity index (χ2n) is 5.73. The van der Waals surface area contributed by atoms with E-state index >= 15 is 0 Å². The highest BCUT2D eigenvalue weighted by Crippen LogP contribution is 2.18. The third-order valence-electron chi connectivity index (χ3n) is 3.31. The molecule has 0 radical (unpaired) electrons. The van der Waals surface area contributed by atoms with E-state index in [1.807, 2.05) is 50.2 Å². The molecule has 2 amide bonds. The molecule has 0 fully saturated rings. The average Bonchev–Trinajstić information content (AvgIpc) is 2.37. The second-order valence-corrected chi connectivity index (χ2v) is 5.73. The molecule has 0 heterocycles. The lowest BCUT2D eigenvalue weighted by Crippen LogP contribution is -2.19. The molecule has 0 spiro atoms. The van der Waals surface area contributed by atoms with E-state index in [1.54, 1.807) is 0 Å². The van der Waals surface area contributed by atoms with Gasteiger partial charge in [0.1, 0.15) is 0 Å². The molecule has 0 saturated heterocycles. The maximum Gasteiger partial charge on any atom is 0.323 e. The van der Waals surface area contributed by atoms with Crippen molar-refractivity contribution >= 4 is 17.4 Å². The lowest BCUT2D eigenvalue weighted by Gasteiger charge is -2.10. The summed E-state index contributed by atoms with van der Waals surface area (Å²) in [6.45, 7) is 8.33. The molecule has 0 saturated carbocycles. The summed E-state index contributed by atoms with van der Waals surface area (Å²) < 4.78 is 0. The Balaban J connectivity index is 2.01. The lowest BCUT2D eigenvalue weighted by molar-refractivity contribution is 0.262. The first-order chi connectivity index (χ1) is 9.94.